The van der Waals surface area contributed by atoms with E-state index in [0.29, 0.717) is 5.41 Å². The standard InChI is InChI=1S/C11H23NO2/c1-10(2,3)7-12-8-11(13-4)5-6-14-9-11/h12H,5-9H2,1-4H3. The second-order valence-electron chi connectivity index (χ2n) is 5.35. The van der Waals surface area contributed by atoms with Crippen molar-refractivity contribution in [2.24, 2.45) is 5.41 Å². The molecule has 3 nitrogen and oxygen atoms in total. The Bertz CT molecular complexity index is 169. The lowest BCUT2D eigenvalue weighted by Crippen LogP contribution is -2.45. The molecule has 84 valence electrons. The number of hydrogen-bond donors (Lipinski definition) is 1. The zero-order valence-electron chi connectivity index (χ0n) is 9.85. The molecule has 1 aliphatic heterocycles. The first-order valence-corrected chi connectivity index (χ1v) is 5.31. The normalized spacial score (nSPS) is 28.3. The van der Waals surface area contributed by atoms with Crippen molar-refractivity contribution in [3.63, 3.8) is 0 Å². The molecule has 1 N–H and O–H groups in total. The number of nitrogens with one attached hydrogen (secondary N) is 1. The van der Waals surface area contributed by atoms with Crippen LogP contribution in [0.2, 0.25) is 0 Å². The van der Waals surface area contributed by atoms with Gasteiger partial charge in [0, 0.05) is 33.2 Å². The van der Waals surface area contributed by atoms with Crippen molar-refractivity contribution in [1.29, 1.82) is 0 Å². The number of ether oxygens (including phenoxy) is 2. The van der Waals surface area contributed by atoms with Crippen molar-refractivity contribution in [1.82, 2.24) is 5.32 Å². The van der Waals surface area contributed by atoms with Crippen LogP contribution in [0.1, 0.15) is 27.2 Å². The molecule has 3 heteroatoms. The molecule has 0 saturated carbocycles. The molecule has 0 aliphatic carbocycles. The van der Waals surface area contributed by atoms with Crippen molar-refractivity contribution < 1.29 is 9.47 Å². The molecule has 0 aromatic heterocycles. The van der Waals surface area contributed by atoms with Crippen LogP contribution in [-0.2, 0) is 9.47 Å². The summed E-state index contributed by atoms with van der Waals surface area (Å²) in [5.74, 6) is 0. The summed E-state index contributed by atoms with van der Waals surface area (Å²) in [5.41, 5.74) is 0.250. The van der Waals surface area contributed by atoms with E-state index in [9.17, 15) is 0 Å². The second kappa shape index (κ2) is 4.60. The van der Waals surface area contributed by atoms with Gasteiger partial charge < -0.3 is 14.8 Å². The van der Waals surface area contributed by atoms with Gasteiger partial charge in [0.05, 0.1) is 6.61 Å². The van der Waals surface area contributed by atoms with Crippen LogP contribution >= 0.6 is 0 Å². The third-order valence-electron chi connectivity index (χ3n) is 2.60. The first-order valence-electron chi connectivity index (χ1n) is 5.31. The molecule has 1 heterocycles. The van der Waals surface area contributed by atoms with Crippen molar-refractivity contribution in [2.45, 2.75) is 32.8 Å². The summed E-state index contributed by atoms with van der Waals surface area (Å²) in [6.07, 6.45) is 1.00. The molecule has 1 fully saturated rings. The monoisotopic (exact) mass is 201 g/mol. The molecule has 0 radical (unpaired) electrons. The maximum absolute atomic E-state index is 5.53. The van der Waals surface area contributed by atoms with E-state index in [0.717, 1.165) is 32.7 Å². The van der Waals surface area contributed by atoms with E-state index in [2.05, 4.69) is 26.1 Å². The predicted molar refractivity (Wildman–Crippen MR) is 57.5 cm³/mol. The van der Waals surface area contributed by atoms with Gasteiger partial charge in [-0.1, -0.05) is 20.8 Å². The molecule has 0 spiro atoms. The van der Waals surface area contributed by atoms with Crippen LogP contribution in [0.4, 0.5) is 0 Å². The van der Waals surface area contributed by atoms with Crippen LogP contribution in [0, 0.1) is 5.41 Å². The van der Waals surface area contributed by atoms with Gasteiger partial charge in [0.25, 0.3) is 0 Å². The summed E-state index contributed by atoms with van der Waals surface area (Å²) in [4.78, 5) is 0. The van der Waals surface area contributed by atoms with Gasteiger partial charge in [0.1, 0.15) is 5.60 Å². The van der Waals surface area contributed by atoms with Gasteiger partial charge >= 0.3 is 0 Å². The SMILES string of the molecule is COC1(CNCC(C)(C)C)CCOC1. The summed E-state index contributed by atoms with van der Waals surface area (Å²) in [7, 11) is 1.77. The zero-order chi connectivity index (χ0) is 10.7. The predicted octanol–water partition coefficient (Wildman–Crippen LogP) is 1.43. The Kier molecular flexibility index (Phi) is 3.93. The van der Waals surface area contributed by atoms with E-state index in [1.807, 2.05) is 0 Å². The maximum Gasteiger partial charge on any atom is 0.106 e. The van der Waals surface area contributed by atoms with Crippen LogP contribution < -0.4 is 5.32 Å². The van der Waals surface area contributed by atoms with Gasteiger partial charge in [-0.3, -0.25) is 0 Å². The van der Waals surface area contributed by atoms with E-state index >= 15 is 0 Å². The fraction of sp³-hybridized carbons (Fsp3) is 1.00. The number of hydrogen-bond acceptors (Lipinski definition) is 3. The molecular weight excluding hydrogens is 178 g/mol. The van der Waals surface area contributed by atoms with Crippen LogP contribution in [0.15, 0.2) is 0 Å². The molecule has 1 saturated heterocycles. The molecule has 1 unspecified atom stereocenters. The third-order valence-corrected chi connectivity index (χ3v) is 2.60. The van der Waals surface area contributed by atoms with Gasteiger partial charge in [-0.2, -0.15) is 0 Å². The molecule has 0 aromatic carbocycles. The van der Waals surface area contributed by atoms with Crippen LogP contribution in [0.3, 0.4) is 0 Å². The fourth-order valence-corrected chi connectivity index (χ4v) is 1.63. The van der Waals surface area contributed by atoms with Crippen molar-refractivity contribution in [3.8, 4) is 0 Å². The lowest BCUT2D eigenvalue weighted by Gasteiger charge is -2.28. The van der Waals surface area contributed by atoms with Gasteiger partial charge in [-0.15, -0.1) is 0 Å². The lowest BCUT2D eigenvalue weighted by atomic mass is 9.96. The average molecular weight is 201 g/mol. The smallest absolute Gasteiger partial charge is 0.106 e. The molecule has 1 atom stereocenters. The van der Waals surface area contributed by atoms with Gasteiger partial charge in [0.15, 0.2) is 0 Å². The molecule has 0 amide bonds. The summed E-state index contributed by atoms with van der Waals surface area (Å²) >= 11 is 0. The Balaban J connectivity index is 2.28. The molecule has 1 rings (SSSR count). The Hall–Kier alpha value is -0.120. The highest BCUT2D eigenvalue weighted by Gasteiger charge is 2.34. The first kappa shape index (κ1) is 12.0. The summed E-state index contributed by atoms with van der Waals surface area (Å²) < 4.78 is 10.9. The van der Waals surface area contributed by atoms with Crippen LogP contribution in [0.25, 0.3) is 0 Å². The van der Waals surface area contributed by atoms with E-state index in [4.69, 9.17) is 9.47 Å². The maximum atomic E-state index is 5.53. The Morgan fingerprint density at radius 1 is 1.43 bits per heavy atom. The van der Waals surface area contributed by atoms with Crippen molar-refractivity contribution in [2.75, 3.05) is 33.4 Å². The highest BCUT2D eigenvalue weighted by Crippen LogP contribution is 2.22. The molecular formula is C11H23NO2. The Morgan fingerprint density at radius 3 is 2.57 bits per heavy atom. The van der Waals surface area contributed by atoms with Gasteiger partial charge in [0.2, 0.25) is 0 Å². The molecule has 0 aromatic rings. The minimum atomic E-state index is -0.0781. The summed E-state index contributed by atoms with van der Waals surface area (Å²) in [6.45, 7) is 10.1. The quantitative estimate of drug-likeness (QED) is 0.746. The van der Waals surface area contributed by atoms with E-state index in [1.54, 1.807) is 7.11 Å². The Labute approximate surface area is 87.2 Å². The minimum absolute atomic E-state index is 0.0781. The number of methoxy groups -OCH3 is 1. The third kappa shape index (κ3) is 3.56. The van der Waals surface area contributed by atoms with Crippen LogP contribution in [0.5, 0.6) is 0 Å². The van der Waals surface area contributed by atoms with Gasteiger partial charge in [-0.25, -0.2) is 0 Å². The summed E-state index contributed by atoms with van der Waals surface area (Å²) in [6, 6.07) is 0. The van der Waals surface area contributed by atoms with Crippen LogP contribution in [-0.4, -0.2) is 39.0 Å². The van der Waals surface area contributed by atoms with E-state index in [1.165, 1.54) is 0 Å². The summed E-state index contributed by atoms with van der Waals surface area (Å²) in [5, 5.41) is 3.45. The second-order valence-corrected chi connectivity index (χ2v) is 5.35. The number of rotatable bonds is 4. The van der Waals surface area contributed by atoms with E-state index in [-0.39, 0.29) is 5.60 Å². The minimum Gasteiger partial charge on any atom is -0.378 e. The first-order chi connectivity index (χ1) is 6.47. The van der Waals surface area contributed by atoms with E-state index < -0.39 is 0 Å². The highest BCUT2D eigenvalue weighted by atomic mass is 16.5. The van der Waals surface area contributed by atoms with Gasteiger partial charge in [-0.05, 0) is 5.41 Å². The molecule has 1 aliphatic rings. The van der Waals surface area contributed by atoms with Crippen molar-refractivity contribution in [3.05, 3.63) is 0 Å². The zero-order valence-corrected chi connectivity index (χ0v) is 9.85. The average Bonchev–Trinajstić information content (AvgIpc) is 2.52. The topological polar surface area (TPSA) is 30.5 Å². The highest BCUT2D eigenvalue weighted by molar-refractivity contribution is 4.87. The lowest BCUT2D eigenvalue weighted by molar-refractivity contribution is -0.0167. The Morgan fingerprint density at radius 2 is 2.14 bits per heavy atom. The molecule has 14 heavy (non-hydrogen) atoms. The molecule has 0 bridgehead atoms. The van der Waals surface area contributed by atoms with Crippen molar-refractivity contribution >= 4 is 0 Å². The fourth-order valence-electron chi connectivity index (χ4n) is 1.63. The largest absolute Gasteiger partial charge is 0.378 e.